The van der Waals surface area contributed by atoms with Crippen LogP contribution in [0, 0.1) is 11.3 Å². The number of benzene rings is 2. The smallest absolute Gasteiger partial charge is 0.246 e. The number of furan rings is 1. The molecular weight excluding hydrogens is 332 g/mol. The van der Waals surface area contributed by atoms with E-state index in [4.69, 9.17) is 20.1 Å². The summed E-state index contributed by atoms with van der Waals surface area (Å²) in [7, 11) is 0. The van der Waals surface area contributed by atoms with E-state index >= 15 is 0 Å². The lowest BCUT2D eigenvalue weighted by molar-refractivity contribution is 0.303. The molecule has 104 valence electrons. The van der Waals surface area contributed by atoms with E-state index in [0.29, 0.717) is 23.6 Å². The molecule has 0 spiro atoms. The highest BCUT2D eigenvalue weighted by Crippen LogP contribution is 2.33. The molecule has 3 rings (SSSR count). The minimum Gasteiger partial charge on any atom is -0.483 e. The molecule has 5 heteroatoms. The molecule has 2 N–H and O–H groups in total. The van der Waals surface area contributed by atoms with E-state index < -0.39 is 0 Å². The van der Waals surface area contributed by atoms with Crippen LogP contribution < -0.4 is 10.5 Å². The first-order chi connectivity index (χ1) is 10.2. The van der Waals surface area contributed by atoms with Crippen LogP contribution in [-0.4, -0.2) is 0 Å². The van der Waals surface area contributed by atoms with Crippen molar-refractivity contribution in [3.8, 4) is 11.8 Å². The molecular formula is C16H11BrN2O2. The van der Waals surface area contributed by atoms with Gasteiger partial charge in [0, 0.05) is 10.2 Å². The zero-order valence-electron chi connectivity index (χ0n) is 11.0. The van der Waals surface area contributed by atoms with Crippen LogP contribution >= 0.6 is 15.9 Å². The highest BCUT2D eigenvalue weighted by atomic mass is 79.9. The van der Waals surface area contributed by atoms with Crippen LogP contribution in [0.25, 0.3) is 11.0 Å². The summed E-state index contributed by atoms with van der Waals surface area (Å²) in [6.45, 7) is 0.307. The fourth-order valence-electron chi connectivity index (χ4n) is 2.15. The molecule has 0 aliphatic heterocycles. The monoisotopic (exact) mass is 342 g/mol. The van der Waals surface area contributed by atoms with Gasteiger partial charge in [0.15, 0.2) is 5.75 Å². The van der Waals surface area contributed by atoms with Crippen molar-refractivity contribution < 1.29 is 9.15 Å². The number of hydrogen-bond donors (Lipinski definition) is 1. The van der Waals surface area contributed by atoms with E-state index in [1.54, 1.807) is 6.07 Å². The number of nitrogen functional groups attached to an aromatic ring is 1. The Hall–Kier alpha value is -2.45. The Bertz CT molecular complexity index is 829. The van der Waals surface area contributed by atoms with Gasteiger partial charge in [0.1, 0.15) is 18.3 Å². The van der Waals surface area contributed by atoms with Gasteiger partial charge in [-0.05, 0) is 35.9 Å². The van der Waals surface area contributed by atoms with Crippen LogP contribution in [0.2, 0.25) is 0 Å². The summed E-state index contributed by atoms with van der Waals surface area (Å²) in [6.07, 6.45) is 0. The van der Waals surface area contributed by atoms with Crippen molar-refractivity contribution in [2.24, 2.45) is 0 Å². The quantitative estimate of drug-likeness (QED) is 0.723. The first-order valence-electron chi connectivity index (χ1n) is 6.27. The summed E-state index contributed by atoms with van der Waals surface area (Å²) in [6, 6.07) is 15.0. The molecule has 0 radical (unpaired) electrons. The maximum Gasteiger partial charge on any atom is 0.246 e. The summed E-state index contributed by atoms with van der Waals surface area (Å²) in [5.74, 6) is 0.644. The third-order valence-electron chi connectivity index (χ3n) is 3.01. The Morgan fingerprint density at radius 1 is 1.24 bits per heavy atom. The maximum absolute atomic E-state index is 9.15. The molecule has 0 amide bonds. The predicted octanol–water partition coefficient (Wildman–Crippen LogP) is 4.23. The Balaban J connectivity index is 1.93. The SMILES string of the molecule is N#Cc1oc2ccccc2c1OCc1cc(N)cc(Br)c1. The number of rotatable bonds is 3. The van der Waals surface area contributed by atoms with Crippen molar-refractivity contribution in [2.45, 2.75) is 6.61 Å². The third kappa shape index (κ3) is 2.71. The van der Waals surface area contributed by atoms with Crippen molar-refractivity contribution in [1.82, 2.24) is 0 Å². The minimum absolute atomic E-state index is 0.180. The summed E-state index contributed by atoms with van der Waals surface area (Å²) in [5, 5.41) is 9.94. The lowest BCUT2D eigenvalue weighted by Gasteiger charge is -2.06. The number of hydrogen-bond acceptors (Lipinski definition) is 4. The van der Waals surface area contributed by atoms with E-state index in [0.717, 1.165) is 15.4 Å². The van der Waals surface area contributed by atoms with Crippen molar-refractivity contribution in [1.29, 1.82) is 5.26 Å². The fourth-order valence-corrected chi connectivity index (χ4v) is 2.71. The average molecular weight is 343 g/mol. The summed E-state index contributed by atoms with van der Waals surface area (Å²) in [4.78, 5) is 0. The van der Waals surface area contributed by atoms with Gasteiger partial charge in [0.2, 0.25) is 5.76 Å². The zero-order valence-corrected chi connectivity index (χ0v) is 12.6. The van der Waals surface area contributed by atoms with Crippen molar-refractivity contribution in [2.75, 3.05) is 5.73 Å². The molecule has 0 aliphatic carbocycles. The van der Waals surface area contributed by atoms with Crippen molar-refractivity contribution >= 4 is 32.6 Å². The molecule has 0 bridgehead atoms. The highest BCUT2D eigenvalue weighted by molar-refractivity contribution is 9.10. The lowest BCUT2D eigenvalue weighted by atomic mass is 10.2. The van der Waals surface area contributed by atoms with Crippen LogP contribution in [0.5, 0.6) is 5.75 Å². The summed E-state index contributed by atoms with van der Waals surface area (Å²) in [5.41, 5.74) is 8.00. The number of fused-ring (bicyclic) bond motifs is 1. The normalized spacial score (nSPS) is 10.5. The molecule has 0 aliphatic rings. The second kappa shape index (κ2) is 5.51. The lowest BCUT2D eigenvalue weighted by Crippen LogP contribution is -1.97. The number of ether oxygens (including phenoxy) is 1. The van der Waals surface area contributed by atoms with Gasteiger partial charge in [-0.15, -0.1) is 0 Å². The highest BCUT2D eigenvalue weighted by Gasteiger charge is 2.15. The standard InChI is InChI=1S/C16H11BrN2O2/c17-11-5-10(6-12(19)7-11)9-20-16-13-3-1-2-4-14(13)21-15(16)8-18/h1-7H,9,19H2. The van der Waals surface area contributed by atoms with Gasteiger partial charge in [-0.1, -0.05) is 28.1 Å². The van der Waals surface area contributed by atoms with Crippen molar-refractivity contribution in [3.63, 3.8) is 0 Å². The molecule has 1 aromatic heterocycles. The number of nitrogens with zero attached hydrogens (tertiary/aromatic N) is 1. The Morgan fingerprint density at radius 3 is 2.81 bits per heavy atom. The zero-order chi connectivity index (χ0) is 14.8. The van der Waals surface area contributed by atoms with E-state index in [1.807, 2.05) is 42.5 Å². The molecule has 0 saturated carbocycles. The van der Waals surface area contributed by atoms with Gasteiger partial charge in [0.25, 0.3) is 0 Å². The largest absolute Gasteiger partial charge is 0.483 e. The molecule has 4 nitrogen and oxygen atoms in total. The Kier molecular flexibility index (Phi) is 3.55. The summed E-state index contributed by atoms with van der Waals surface area (Å²) < 4.78 is 12.1. The third-order valence-corrected chi connectivity index (χ3v) is 3.47. The fraction of sp³-hybridized carbons (Fsp3) is 0.0625. The van der Waals surface area contributed by atoms with Gasteiger partial charge < -0.3 is 14.9 Å². The number of para-hydroxylation sites is 1. The van der Waals surface area contributed by atoms with Crippen LogP contribution in [0.4, 0.5) is 5.69 Å². The predicted molar refractivity (Wildman–Crippen MR) is 83.8 cm³/mol. The molecule has 21 heavy (non-hydrogen) atoms. The van der Waals surface area contributed by atoms with Gasteiger partial charge in [-0.25, -0.2) is 0 Å². The molecule has 0 unspecified atom stereocenters. The second-order valence-electron chi connectivity index (χ2n) is 4.55. The maximum atomic E-state index is 9.15. The van der Waals surface area contributed by atoms with Gasteiger partial charge in [-0.3, -0.25) is 0 Å². The summed E-state index contributed by atoms with van der Waals surface area (Å²) >= 11 is 3.39. The van der Waals surface area contributed by atoms with Gasteiger partial charge in [-0.2, -0.15) is 5.26 Å². The van der Waals surface area contributed by atoms with Crippen molar-refractivity contribution in [3.05, 3.63) is 58.3 Å². The van der Waals surface area contributed by atoms with E-state index in [1.165, 1.54) is 0 Å². The van der Waals surface area contributed by atoms with E-state index in [9.17, 15) is 0 Å². The topological polar surface area (TPSA) is 72.2 Å². The first kappa shape index (κ1) is 13.5. The van der Waals surface area contributed by atoms with Crippen LogP contribution in [0.15, 0.2) is 51.4 Å². The molecule has 0 fully saturated rings. The Morgan fingerprint density at radius 2 is 2.05 bits per heavy atom. The number of nitrogens with two attached hydrogens (primary N) is 1. The molecule has 1 heterocycles. The van der Waals surface area contributed by atoms with Crippen LogP contribution in [0.1, 0.15) is 11.3 Å². The molecule has 0 atom stereocenters. The van der Waals surface area contributed by atoms with Crippen LogP contribution in [0.3, 0.4) is 0 Å². The Labute approximate surface area is 129 Å². The molecule has 3 aromatic rings. The number of anilines is 1. The second-order valence-corrected chi connectivity index (χ2v) is 5.47. The number of nitriles is 1. The molecule has 0 saturated heterocycles. The first-order valence-corrected chi connectivity index (χ1v) is 7.06. The average Bonchev–Trinajstić information content (AvgIpc) is 2.82. The van der Waals surface area contributed by atoms with Gasteiger partial charge in [0.05, 0.1) is 5.39 Å². The van der Waals surface area contributed by atoms with E-state index in [-0.39, 0.29) is 5.76 Å². The van der Waals surface area contributed by atoms with Crippen LogP contribution in [-0.2, 0) is 6.61 Å². The van der Waals surface area contributed by atoms with E-state index in [2.05, 4.69) is 15.9 Å². The van der Waals surface area contributed by atoms with Gasteiger partial charge >= 0.3 is 0 Å². The number of halogens is 1. The minimum atomic E-state index is 0.180. The molecule has 2 aromatic carbocycles.